The summed E-state index contributed by atoms with van der Waals surface area (Å²) in [4.78, 5) is 12.4. The van der Waals surface area contributed by atoms with Gasteiger partial charge in [0.1, 0.15) is 5.75 Å². The Labute approximate surface area is 166 Å². The van der Waals surface area contributed by atoms with E-state index < -0.39 is 0 Å². The predicted molar refractivity (Wildman–Crippen MR) is 109 cm³/mol. The molecule has 1 N–H and O–H groups in total. The van der Waals surface area contributed by atoms with E-state index in [1.165, 1.54) is 6.08 Å². The summed E-state index contributed by atoms with van der Waals surface area (Å²) in [5.74, 6) is 2.18. The molecule has 0 saturated heterocycles. The molecular weight excluding hydrogens is 358 g/mol. The van der Waals surface area contributed by atoms with Crippen LogP contribution in [0.25, 0.3) is 6.08 Å². The van der Waals surface area contributed by atoms with Gasteiger partial charge in [0.05, 0.1) is 34.5 Å². The second kappa shape index (κ2) is 10.3. The third kappa shape index (κ3) is 5.19. The molecule has 6 heteroatoms. The molecule has 1 atom stereocenters. The molecule has 0 aromatic heterocycles. The van der Waals surface area contributed by atoms with Gasteiger partial charge in [0.15, 0.2) is 11.5 Å². The molecule has 0 spiro atoms. The number of rotatable bonds is 9. The number of benzene rings is 2. The summed E-state index contributed by atoms with van der Waals surface area (Å²) in [6.07, 6.45) is 3.98. The number of nitrogens with one attached hydrogen (secondary N) is 1. The fourth-order valence-electron chi connectivity index (χ4n) is 2.85. The first-order valence-electron chi connectivity index (χ1n) is 8.98. The highest BCUT2D eigenvalue weighted by atomic mass is 16.5. The number of ether oxygens (including phenoxy) is 4. The van der Waals surface area contributed by atoms with Gasteiger partial charge < -0.3 is 24.3 Å². The summed E-state index contributed by atoms with van der Waals surface area (Å²) in [6, 6.07) is 11.2. The molecule has 2 rings (SSSR count). The summed E-state index contributed by atoms with van der Waals surface area (Å²) in [6.45, 7) is 2.03. The molecule has 0 saturated carbocycles. The third-order valence-electron chi connectivity index (χ3n) is 4.36. The lowest BCUT2D eigenvalue weighted by Gasteiger charge is -2.17. The van der Waals surface area contributed by atoms with E-state index in [0.717, 1.165) is 23.3 Å². The normalized spacial score (nSPS) is 11.8. The lowest BCUT2D eigenvalue weighted by Crippen LogP contribution is -2.26. The van der Waals surface area contributed by atoms with Crippen LogP contribution >= 0.6 is 0 Å². The number of carbonyl (C=O) groups is 1. The van der Waals surface area contributed by atoms with E-state index >= 15 is 0 Å². The van der Waals surface area contributed by atoms with E-state index in [1.54, 1.807) is 46.6 Å². The summed E-state index contributed by atoms with van der Waals surface area (Å²) in [5.41, 5.74) is 1.79. The first-order valence-corrected chi connectivity index (χ1v) is 8.98. The maximum atomic E-state index is 12.4. The Morgan fingerprint density at radius 3 is 2.04 bits per heavy atom. The van der Waals surface area contributed by atoms with E-state index in [9.17, 15) is 4.79 Å². The maximum absolute atomic E-state index is 12.4. The monoisotopic (exact) mass is 385 g/mol. The van der Waals surface area contributed by atoms with E-state index in [0.29, 0.717) is 17.2 Å². The fraction of sp³-hybridized carbons (Fsp3) is 0.318. The molecule has 28 heavy (non-hydrogen) atoms. The molecule has 0 heterocycles. The van der Waals surface area contributed by atoms with Gasteiger partial charge in [-0.3, -0.25) is 4.79 Å². The van der Waals surface area contributed by atoms with Crippen molar-refractivity contribution < 1.29 is 23.7 Å². The molecular formula is C22H27NO5. The van der Waals surface area contributed by atoms with Crippen molar-refractivity contribution in [2.24, 2.45) is 0 Å². The zero-order valence-corrected chi connectivity index (χ0v) is 16.9. The Balaban J connectivity index is 2.13. The number of methoxy groups -OCH3 is 4. The Kier molecular flexibility index (Phi) is 7.75. The fourth-order valence-corrected chi connectivity index (χ4v) is 2.85. The number of carbonyl (C=O) groups excluding carboxylic acids is 1. The van der Waals surface area contributed by atoms with Crippen LogP contribution in [-0.4, -0.2) is 34.3 Å². The Morgan fingerprint density at radius 1 is 0.964 bits per heavy atom. The van der Waals surface area contributed by atoms with Gasteiger partial charge in [-0.05, 0) is 47.9 Å². The first kappa shape index (κ1) is 21.2. The molecule has 1 amide bonds. The van der Waals surface area contributed by atoms with Crippen molar-refractivity contribution in [3.8, 4) is 23.0 Å². The lowest BCUT2D eigenvalue weighted by atomic mass is 10.0. The highest BCUT2D eigenvalue weighted by Gasteiger charge is 2.13. The summed E-state index contributed by atoms with van der Waals surface area (Å²) >= 11 is 0. The van der Waals surface area contributed by atoms with Crippen LogP contribution in [0.2, 0.25) is 0 Å². The van der Waals surface area contributed by atoms with Crippen LogP contribution in [0.4, 0.5) is 0 Å². The van der Waals surface area contributed by atoms with Gasteiger partial charge in [-0.1, -0.05) is 19.1 Å². The lowest BCUT2D eigenvalue weighted by molar-refractivity contribution is -0.117. The molecule has 2 aromatic carbocycles. The summed E-state index contributed by atoms with van der Waals surface area (Å²) in [5, 5.41) is 3.02. The molecule has 2 aromatic rings. The average Bonchev–Trinajstić information content (AvgIpc) is 2.75. The van der Waals surface area contributed by atoms with E-state index in [4.69, 9.17) is 18.9 Å². The molecule has 6 nitrogen and oxygen atoms in total. The number of amides is 1. The van der Waals surface area contributed by atoms with Crippen molar-refractivity contribution in [2.75, 3.05) is 28.4 Å². The van der Waals surface area contributed by atoms with Crippen LogP contribution < -0.4 is 24.3 Å². The molecule has 0 unspecified atom stereocenters. The van der Waals surface area contributed by atoms with Gasteiger partial charge in [-0.15, -0.1) is 0 Å². The van der Waals surface area contributed by atoms with E-state index in [2.05, 4.69) is 5.32 Å². The molecule has 0 aliphatic heterocycles. The van der Waals surface area contributed by atoms with E-state index in [1.807, 2.05) is 31.2 Å². The van der Waals surface area contributed by atoms with Crippen LogP contribution in [-0.2, 0) is 4.79 Å². The van der Waals surface area contributed by atoms with Gasteiger partial charge in [0.2, 0.25) is 11.7 Å². The van der Waals surface area contributed by atoms with Crippen LogP contribution in [0.15, 0.2) is 42.5 Å². The molecule has 0 fully saturated rings. The smallest absolute Gasteiger partial charge is 0.244 e. The van der Waals surface area contributed by atoms with Crippen LogP contribution in [0.5, 0.6) is 23.0 Å². The van der Waals surface area contributed by atoms with Crippen molar-refractivity contribution in [1.82, 2.24) is 5.32 Å². The average molecular weight is 385 g/mol. The van der Waals surface area contributed by atoms with Gasteiger partial charge in [-0.25, -0.2) is 0 Å². The molecule has 0 bridgehead atoms. The first-order chi connectivity index (χ1) is 13.6. The van der Waals surface area contributed by atoms with Crippen LogP contribution in [0.1, 0.15) is 30.5 Å². The van der Waals surface area contributed by atoms with Crippen LogP contribution in [0, 0.1) is 0 Å². The van der Waals surface area contributed by atoms with Crippen LogP contribution in [0.3, 0.4) is 0 Å². The minimum Gasteiger partial charge on any atom is -0.497 e. The van der Waals surface area contributed by atoms with Crippen molar-refractivity contribution in [3.63, 3.8) is 0 Å². The highest BCUT2D eigenvalue weighted by Crippen LogP contribution is 2.38. The van der Waals surface area contributed by atoms with Crippen molar-refractivity contribution in [1.29, 1.82) is 0 Å². The molecule has 0 aliphatic carbocycles. The van der Waals surface area contributed by atoms with E-state index in [-0.39, 0.29) is 11.9 Å². The van der Waals surface area contributed by atoms with Crippen molar-refractivity contribution in [3.05, 3.63) is 53.6 Å². The van der Waals surface area contributed by atoms with Gasteiger partial charge in [0.25, 0.3) is 0 Å². The third-order valence-corrected chi connectivity index (χ3v) is 4.36. The van der Waals surface area contributed by atoms with Gasteiger partial charge in [-0.2, -0.15) is 0 Å². The maximum Gasteiger partial charge on any atom is 0.244 e. The molecule has 0 aliphatic rings. The molecule has 0 radical (unpaired) electrons. The Hall–Kier alpha value is -3.15. The second-order valence-electron chi connectivity index (χ2n) is 6.03. The summed E-state index contributed by atoms with van der Waals surface area (Å²) in [7, 11) is 6.28. The Bertz CT molecular complexity index is 789. The van der Waals surface area contributed by atoms with Gasteiger partial charge in [0, 0.05) is 6.08 Å². The standard InChI is InChI=1S/C22H27NO5/c1-6-18(16-8-10-17(25-2)11-9-16)23-21(24)12-7-15-13-19(26-3)22(28-5)20(14-15)27-4/h7-14,18H,6H2,1-5H3,(H,23,24)/b12-7+/t18-/m1/s1. The highest BCUT2D eigenvalue weighted by molar-refractivity contribution is 5.92. The summed E-state index contributed by atoms with van der Waals surface area (Å²) < 4.78 is 21.2. The zero-order chi connectivity index (χ0) is 20.5. The number of hydrogen-bond acceptors (Lipinski definition) is 5. The van der Waals surface area contributed by atoms with Crippen molar-refractivity contribution in [2.45, 2.75) is 19.4 Å². The largest absolute Gasteiger partial charge is 0.497 e. The second-order valence-corrected chi connectivity index (χ2v) is 6.03. The Morgan fingerprint density at radius 2 is 1.57 bits per heavy atom. The van der Waals surface area contributed by atoms with Gasteiger partial charge >= 0.3 is 0 Å². The topological polar surface area (TPSA) is 66.0 Å². The minimum absolute atomic E-state index is 0.0806. The molecule has 150 valence electrons. The zero-order valence-electron chi connectivity index (χ0n) is 16.9. The van der Waals surface area contributed by atoms with Crippen molar-refractivity contribution >= 4 is 12.0 Å². The minimum atomic E-state index is -0.184. The predicted octanol–water partition coefficient (Wildman–Crippen LogP) is 4.00. The quantitative estimate of drug-likeness (QED) is 0.661. The number of hydrogen-bond donors (Lipinski definition) is 1. The SMILES string of the molecule is CC[C@@H](NC(=O)/C=C/c1cc(OC)c(OC)c(OC)c1)c1ccc(OC)cc1.